The fraction of sp³-hybridized carbons (Fsp3) is 0.318. The van der Waals surface area contributed by atoms with E-state index in [0.717, 1.165) is 4.90 Å². The first kappa shape index (κ1) is 25.6. The number of rotatable bonds is 11. The van der Waals surface area contributed by atoms with Gasteiger partial charge < -0.3 is 10.1 Å². The fourth-order valence-electron chi connectivity index (χ4n) is 2.80. The van der Waals surface area contributed by atoms with E-state index in [0.29, 0.717) is 18.7 Å². The molecule has 32 heavy (non-hydrogen) atoms. The Kier molecular flexibility index (Phi) is 9.42. The molecule has 2 aromatic rings. The monoisotopic (exact) mass is 478 g/mol. The molecular weight excluding hydrogens is 452 g/mol. The quantitative estimate of drug-likeness (QED) is 0.300. The zero-order chi connectivity index (χ0) is 23.7. The second kappa shape index (κ2) is 11.8. The van der Waals surface area contributed by atoms with Crippen LogP contribution in [0.3, 0.4) is 0 Å². The molecule has 0 aliphatic heterocycles. The van der Waals surface area contributed by atoms with Crippen molar-refractivity contribution in [3.8, 4) is 0 Å². The molecule has 1 amide bonds. The number of sulfonamides is 1. The van der Waals surface area contributed by atoms with Gasteiger partial charge in [-0.05, 0) is 42.7 Å². The lowest BCUT2D eigenvalue weighted by molar-refractivity contribution is -0.141. The third-order valence-corrected chi connectivity index (χ3v) is 7.44. The Morgan fingerprint density at radius 2 is 1.50 bits per heavy atom. The number of nitrogens with one attached hydrogen (secondary N) is 1. The number of ether oxygens (including phenoxy) is 1. The van der Waals surface area contributed by atoms with Gasteiger partial charge in [-0.25, -0.2) is 8.42 Å². The van der Waals surface area contributed by atoms with E-state index < -0.39 is 35.1 Å². The normalized spacial score (nSPS) is 11.2. The first-order chi connectivity index (χ1) is 15.2. The average Bonchev–Trinajstić information content (AvgIpc) is 2.81. The van der Waals surface area contributed by atoms with Crippen LogP contribution in [0.1, 0.15) is 34.6 Å². The molecule has 0 unspecified atom stereocenters. The lowest BCUT2D eigenvalue weighted by Crippen LogP contribution is -2.32. The van der Waals surface area contributed by atoms with Crippen LogP contribution in [-0.4, -0.2) is 62.9 Å². The van der Waals surface area contributed by atoms with Crippen molar-refractivity contribution in [3.63, 3.8) is 0 Å². The van der Waals surface area contributed by atoms with E-state index in [1.165, 1.54) is 28.6 Å². The summed E-state index contributed by atoms with van der Waals surface area (Å²) in [5.74, 6) is -1.66. The highest BCUT2D eigenvalue weighted by molar-refractivity contribution is 7.98. The van der Waals surface area contributed by atoms with E-state index in [1.807, 2.05) is 6.26 Å². The highest BCUT2D eigenvalue weighted by Gasteiger charge is 2.21. The molecule has 0 fully saturated rings. The number of carbonyl (C=O) groups excluding carboxylic acids is 3. The summed E-state index contributed by atoms with van der Waals surface area (Å²) in [5, 5.41) is 2.39. The van der Waals surface area contributed by atoms with Crippen LogP contribution in [0.15, 0.2) is 58.3 Å². The second-order valence-corrected chi connectivity index (χ2v) is 9.43. The van der Waals surface area contributed by atoms with E-state index >= 15 is 0 Å². The summed E-state index contributed by atoms with van der Waals surface area (Å²) in [6.07, 6.45) is 1.93. The largest absolute Gasteiger partial charge is 0.456 e. The molecule has 0 atom stereocenters. The Labute approximate surface area is 192 Å². The van der Waals surface area contributed by atoms with E-state index in [9.17, 15) is 22.8 Å². The lowest BCUT2D eigenvalue weighted by Gasteiger charge is -2.18. The molecule has 2 rings (SSSR count). The minimum atomic E-state index is -3.62. The number of carbonyl (C=O) groups is 3. The average molecular weight is 479 g/mol. The van der Waals surface area contributed by atoms with Crippen molar-refractivity contribution in [1.29, 1.82) is 0 Å². The highest BCUT2D eigenvalue weighted by atomic mass is 32.2. The molecular formula is C22H26N2O6S2. The second-order valence-electron chi connectivity index (χ2n) is 6.61. The van der Waals surface area contributed by atoms with Crippen LogP contribution in [0.4, 0.5) is 0 Å². The van der Waals surface area contributed by atoms with Crippen molar-refractivity contribution in [3.05, 3.63) is 59.7 Å². The van der Waals surface area contributed by atoms with Gasteiger partial charge in [-0.2, -0.15) is 4.31 Å². The van der Waals surface area contributed by atoms with Crippen LogP contribution in [0.2, 0.25) is 0 Å². The third kappa shape index (κ3) is 6.65. The Morgan fingerprint density at radius 1 is 0.938 bits per heavy atom. The Morgan fingerprint density at radius 3 is 2.03 bits per heavy atom. The first-order valence-electron chi connectivity index (χ1n) is 9.94. The van der Waals surface area contributed by atoms with Crippen molar-refractivity contribution in [2.24, 2.45) is 0 Å². The molecule has 0 heterocycles. The highest BCUT2D eigenvalue weighted by Crippen LogP contribution is 2.17. The molecule has 172 valence electrons. The number of ketones is 1. The summed E-state index contributed by atoms with van der Waals surface area (Å²) in [6.45, 7) is 3.33. The number of benzene rings is 2. The number of nitrogens with zero attached hydrogens (tertiary/aromatic N) is 1. The number of hydrogen-bond donors (Lipinski definition) is 1. The smallest absolute Gasteiger partial charge is 0.325 e. The molecule has 0 aliphatic carbocycles. The van der Waals surface area contributed by atoms with Crippen molar-refractivity contribution >= 4 is 39.4 Å². The van der Waals surface area contributed by atoms with Gasteiger partial charge >= 0.3 is 5.97 Å². The number of amides is 1. The summed E-state index contributed by atoms with van der Waals surface area (Å²) in [7, 11) is -3.62. The number of hydrogen-bond acceptors (Lipinski definition) is 7. The lowest BCUT2D eigenvalue weighted by atomic mass is 10.1. The molecule has 2 aromatic carbocycles. The molecule has 8 nitrogen and oxygen atoms in total. The van der Waals surface area contributed by atoms with Gasteiger partial charge in [-0.1, -0.05) is 26.0 Å². The zero-order valence-corrected chi connectivity index (χ0v) is 19.8. The molecule has 0 spiro atoms. The molecule has 0 bridgehead atoms. The molecule has 1 N–H and O–H groups in total. The molecule has 10 heteroatoms. The molecule has 0 saturated carbocycles. The first-order valence-corrected chi connectivity index (χ1v) is 12.6. The molecule has 0 aliphatic rings. The van der Waals surface area contributed by atoms with Crippen LogP contribution in [0.25, 0.3) is 0 Å². The van der Waals surface area contributed by atoms with Crippen molar-refractivity contribution in [2.75, 3.05) is 32.5 Å². The van der Waals surface area contributed by atoms with E-state index in [4.69, 9.17) is 4.74 Å². The minimum Gasteiger partial charge on any atom is -0.456 e. The molecule has 0 aromatic heterocycles. The predicted octanol–water partition coefficient (Wildman–Crippen LogP) is 2.59. The van der Waals surface area contributed by atoms with Gasteiger partial charge in [0.2, 0.25) is 10.0 Å². The van der Waals surface area contributed by atoms with Crippen molar-refractivity contribution < 1.29 is 27.5 Å². The van der Waals surface area contributed by atoms with Crippen LogP contribution < -0.4 is 5.32 Å². The maximum Gasteiger partial charge on any atom is 0.325 e. The van der Waals surface area contributed by atoms with Gasteiger partial charge in [-0.15, -0.1) is 11.8 Å². The number of thioether (sulfide) groups is 1. The maximum absolute atomic E-state index is 12.5. The molecule has 0 radical (unpaired) electrons. The van der Waals surface area contributed by atoms with Gasteiger partial charge in [0.25, 0.3) is 5.91 Å². The molecule has 0 saturated heterocycles. The van der Waals surface area contributed by atoms with Crippen molar-refractivity contribution in [2.45, 2.75) is 23.6 Å². The van der Waals surface area contributed by atoms with Crippen LogP contribution in [0.5, 0.6) is 0 Å². The summed E-state index contributed by atoms with van der Waals surface area (Å²) < 4.78 is 31.2. The van der Waals surface area contributed by atoms with E-state index in [1.54, 1.807) is 49.9 Å². The van der Waals surface area contributed by atoms with Gasteiger partial charge in [0, 0.05) is 29.1 Å². The van der Waals surface area contributed by atoms with Gasteiger partial charge in [0.1, 0.15) is 6.54 Å². The van der Waals surface area contributed by atoms with E-state index in [-0.39, 0.29) is 16.2 Å². The summed E-state index contributed by atoms with van der Waals surface area (Å²) in [4.78, 5) is 37.3. The fourth-order valence-corrected chi connectivity index (χ4v) is 4.67. The van der Waals surface area contributed by atoms with E-state index in [2.05, 4.69) is 5.32 Å². The third-order valence-electron chi connectivity index (χ3n) is 4.63. The predicted molar refractivity (Wildman–Crippen MR) is 122 cm³/mol. The maximum atomic E-state index is 12.5. The number of esters is 1. The Balaban J connectivity index is 1.86. The minimum absolute atomic E-state index is 0.0845. The van der Waals surface area contributed by atoms with Crippen LogP contribution in [-0.2, 0) is 19.6 Å². The summed E-state index contributed by atoms with van der Waals surface area (Å²) in [5.41, 5.74) is 0.626. The SMILES string of the molecule is CCN(CC)S(=O)(=O)c1ccc(C(=O)NCC(=O)OCC(=O)c2ccc(SC)cc2)cc1. The van der Waals surface area contributed by atoms with Crippen LogP contribution in [0, 0.1) is 0 Å². The van der Waals surface area contributed by atoms with Gasteiger partial charge in [0.15, 0.2) is 12.4 Å². The number of Topliss-reactive ketones (excluding diaryl/α,β-unsaturated/α-hetero) is 1. The standard InChI is InChI=1S/C22H26N2O6S2/c1-4-24(5-2)32(28,29)19-12-8-17(9-13-19)22(27)23-14-21(26)30-15-20(25)16-6-10-18(31-3)11-7-16/h6-13H,4-5,14-15H2,1-3H3,(H,23,27). The topological polar surface area (TPSA) is 110 Å². The zero-order valence-electron chi connectivity index (χ0n) is 18.2. The van der Waals surface area contributed by atoms with Crippen molar-refractivity contribution in [1.82, 2.24) is 9.62 Å². The summed E-state index contributed by atoms with van der Waals surface area (Å²) >= 11 is 1.55. The summed E-state index contributed by atoms with van der Waals surface area (Å²) in [6, 6.07) is 12.4. The van der Waals surface area contributed by atoms with Gasteiger partial charge in [-0.3, -0.25) is 14.4 Å². The van der Waals surface area contributed by atoms with Crippen LogP contribution >= 0.6 is 11.8 Å². The Hall–Kier alpha value is -2.69. The Bertz CT molecular complexity index is 1050. The van der Waals surface area contributed by atoms with Gasteiger partial charge in [0.05, 0.1) is 4.90 Å².